The highest BCUT2D eigenvalue weighted by Gasteiger charge is 2.08. The van der Waals surface area contributed by atoms with E-state index in [9.17, 15) is 4.39 Å². The van der Waals surface area contributed by atoms with Crippen LogP contribution in [0.4, 0.5) is 10.1 Å². The maximum Gasteiger partial charge on any atom is 0.165 e. The molecule has 21 heavy (non-hydrogen) atoms. The van der Waals surface area contributed by atoms with Crippen LogP contribution >= 0.6 is 0 Å². The van der Waals surface area contributed by atoms with Crippen molar-refractivity contribution in [2.45, 2.75) is 13.5 Å². The van der Waals surface area contributed by atoms with Crippen LogP contribution in [0.15, 0.2) is 48.7 Å². The number of hydrogen-bond donors (Lipinski definition) is 1. The van der Waals surface area contributed by atoms with Crippen LogP contribution in [0.1, 0.15) is 11.1 Å². The lowest BCUT2D eigenvalue weighted by Crippen LogP contribution is -2.00. The van der Waals surface area contributed by atoms with Gasteiger partial charge in [-0.25, -0.2) is 4.39 Å². The lowest BCUT2D eigenvalue weighted by molar-refractivity contribution is 0.291. The van der Waals surface area contributed by atoms with Gasteiger partial charge >= 0.3 is 0 Å². The van der Waals surface area contributed by atoms with Crippen LogP contribution in [0.2, 0.25) is 0 Å². The van der Waals surface area contributed by atoms with Gasteiger partial charge in [0.25, 0.3) is 0 Å². The molecule has 0 unspecified atom stereocenters. The zero-order valence-corrected chi connectivity index (χ0v) is 11.6. The molecule has 3 aromatic rings. The summed E-state index contributed by atoms with van der Waals surface area (Å²) in [6.45, 7) is 2.14. The molecule has 0 saturated heterocycles. The highest BCUT2D eigenvalue weighted by atomic mass is 19.1. The van der Waals surface area contributed by atoms with Crippen molar-refractivity contribution in [2.24, 2.45) is 0 Å². The highest BCUT2D eigenvalue weighted by molar-refractivity contribution is 5.92. The molecule has 0 aliphatic rings. The molecule has 2 aromatic carbocycles. The first-order valence-electron chi connectivity index (χ1n) is 6.66. The summed E-state index contributed by atoms with van der Waals surface area (Å²) in [6.07, 6.45) is 1.71. The van der Waals surface area contributed by atoms with Crippen LogP contribution in [0.25, 0.3) is 10.9 Å². The molecule has 0 amide bonds. The van der Waals surface area contributed by atoms with Gasteiger partial charge in [0.15, 0.2) is 11.6 Å². The number of fused-ring (bicyclic) bond motifs is 1. The van der Waals surface area contributed by atoms with Gasteiger partial charge in [-0.1, -0.05) is 12.1 Å². The van der Waals surface area contributed by atoms with Crippen LogP contribution in [-0.2, 0) is 6.61 Å². The second kappa shape index (κ2) is 5.40. The van der Waals surface area contributed by atoms with Crippen LogP contribution in [-0.4, -0.2) is 4.98 Å². The Balaban J connectivity index is 1.92. The predicted molar refractivity (Wildman–Crippen MR) is 81.6 cm³/mol. The average molecular weight is 282 g/mol. The Morgan fingerprint density at radius 1 is 1.19 bits per heavy atom. The predicted octanol–water partition coefficient (Wildman–Crippen LogP) is 3.84. The van der Waals surface area contributed by atoms with E-state index in [1.54, 1.807) is 18.3 Å². The first kappa shape index (κ1) is 13.4. The summed E-state index contributed by atoms with van der Waals surface area (Å²) in [6, 6.07) is 12.2. The van der Waals surface area contributed by atoms with Crippen LogP contribution < -0.4 is 10.5 Å². The lowest BCUT2D eigenvalue weighted by atomic mass is 10.1. The van der Waals surface area contributed by atoms with Crippen molar-refractivity contribution in [3.63, 3.8) is 0 Å². The zero-order valence-electron chi connectivity index (χ0n) is 11.6. The van der Waals surface area contributed by atoms with Crippen molar-refractivity contribution in [1.82, 2.24) is 4.98 Å². The quantitative estimate of drug-likeness (QED) is 0.742. The molecular weight excluding hydrogens is 267 g/mol. The van der Waals surface area contributed by atoms with E-state index in [4.69, 9.17) is 10.5 Å². The second-order valence-electron chi connectivity index (χ2n) is 4.94. The van der Waals surface area contributed by atoms with E-state index in [1.165, 1.54) is 6.07 Å². The smallest absolute Gasteiger partial charge is 0.165 e. The molecule has 0 saturated carbocycles. The van der Waals surface area contributed by atoms with Crippen molar-refractivity contribution in [1.29, 1.82) is 0 Å². The summed E-state index contributed by atoms with van der Waals surface area (Å²) in [5.41, 5.74) is 9.21. The Bertz CT molecular complexity index is 802. The van der Waals surface area contributed by atoms with Gasteiger partial charge in [-0.05, 0) is 42.8 Å². The number of anilines is 1. The Morgan fingerprint density at radius 2 is 2.05 bits per heavy atom. The molecule has 3 rings (SSSR count). The molecule has 0 bridgehead atoms. The molecule has 0 radical (unpaired) electrons. The first-order valence-corrected chi connectivity index (χ1v) is 6.66. The van der Waals surface area contributed by atoms with Gasteiger partial charge < -0.3 is 10.5 Å². The number of halogens is 1. The van der Waals surface area contributed by atoms with E-state index >= 15 is 0 Å². The molecule has 4 heteroatoms. The standard InChI is InChI=1S/C17H15FN2O/c1-11-4-6-14(18)16(9-11)21-10-12-5-7-15(19)13-3-2-8-20-17(12)13/h2-9H,10,19H2,1H3. The number of rotatable bonds is 3. The van der Waals surface area contributed by atoms with E-state index in [1.807, 2.05) is 31.2 Å². The Hall–Kier alpha value is -2.62. The number of nitrogens with two attached hydrogens (primary N) is 1. The fourth-order valence-corrected chi connectivity index (χ4v) is 2.25. The van der Waals surface area contributed by atoms with Crippen molar-refractivity contribution < 1.29 is 9.13 Å². The Kier molecular flexibility index (Phi) is 3.44. The Morgan fingerprint density at radius 3 is 2.90 bits per heavy atom. The van der Waals surface area contributed by atoms with E-state index in [2.05, 4.69) is 4.98 Å². The van der Waals surface area contributed by atoms with Crippen LogP contribution in [0.3, 0.4) is 0 Å². The summed E-state index contributed by atoms with van der Waals surface area (Å²) in [5, 5.41) is 0.878. The van der Waals surface area contributed by atoms with Gasteiger partial charge in [-0.15, -0.1) is 0 Å². The lowest BCUT2D eigenvalue weighted by Gasteiger charge is -2.11. The highest BCUT2D eigenvalue weighted by Crippen LogP contribution is 2.25. The third kappa shape index (κ3) is 2.65. The van der Waals surface area contributed by atoms with Crippen molar-refractivity contribution in [3.8, 4) is 5.75 Å². The number of nitrogen functional groups attached to an aromatic ring is 1. The first-order chi connectivity index (χ1) is 10.1. The molecule has 106 valence electrons. The minimum absolute atomic E-state index is 0.244. The zero-order chi connectivity index (χ0) is 14.8. The summed E-state index contributed by atoms with van der Waals surface area (Å²) in [5.74, 6) is -0.121. The maximum absolute atomic E-state index is 13.7. The fourth-order valence-electron chi connectivity index (χ4n) is 2.25. The van der Waals surface area contributed by atoms with Gasteiger partial charge in [-0.2, -0.15) is 0 Å². The third-order valence-electron chi connectivity index (χ3n) is 3.36. The minimum atomic E-state index is -0.367. The fraction of sp³-hybridized carbons (Fsp3) is 0.118. The van der Waals surface area contributed by atoms with Gasteiger partial charge in [0.1, 0.15) is 6.61 Å². The summed E-state index contributed by atoms with van der Waals surface area (Å²) in [4.78, 5) is 4.34. The second-order valence-corrected chi connectivity index (χ2v) is 4.94. The number of nitrogens with zero attached hydrogens (tertiary/aromatic N) is 1. The molecule has 1 heterocycles. The normalized spacial score (nSPS) is 10.8. The van der Waals surface area contributed by atoms with Gasteiger partial charge in [0.05, 0.1) is 5.52 Å². The average Bonchev–Trinajstić information content (AvgIpc) is 2.50. The number of pyridine rings is 1. The number of benzene rings is 2. The van der Waals surface area contributed by atoms with Crippen molar-refractivity contribution in [2.75, 3.05) is 5.73 Å². The maximum atomic E-state index is 13.7. The topological polar surface area (TPSA) is 48.1 Å². The van der Waals surface area contributed by atoms with E-state index < -0.39 is 0 Å². The molecule has 0 spiro atoms. The molecular formula is C17H15FN2O. The molecule has 0 aliphatic heterocycles. The monoisotopic (exact) mass is 282 g/mol. The SMILES string of the molecule is Cc1ccc(F)c(OCc2ccc(N)c3cccnc23)c1. The number of aromatic nitrogens is 1. The van der Waals surface area contributed by atoms with E-state index in [0.29, 0.717) is 5.69 Å². The Labute approximate surface area is 122 Å². The van der Waals surface area contributed by atoms with Crippen molar-refractivity contribution >= 4 is 16.6 Å². The van der Waals surface area contributed by atoms with Gasteiger partial charge in [0.2, 0.25) is 0 Å². The number of hydrogen-bond acceptors (Lipinski definition) is 3. The largest absolute Gasteiger partial charge is 0.486 e. The summed E-state index contributed by atoms with van der Waals surface area (Å²) >= 11 is 0. The molecule has 0 fully saturated rings. The summed E-state index contributed by atoms with van der Waals surface area (Å²) < 4.78 is 19.3. The van der Waals surface area contributed by atoms with Crippen molar-refractivity contribution in [3.05, 3.63) is 65.6 Å². The molecule has 0 atom stereocenters. The third-order valence-corrected chi connectivity index (χ3v) is 3.36. The van der Waals surface area contributed by atoms with Crippen LogP contribution in [0, 0.1) is 12.7 Å². The van der Waals surface area contributed by atoms with Gasteiger partial charge in [0, 0.05) is 22.8 Å². The van der Waals surface area contributed by atoms with E-state index in [0.717, 1.165) is 22.0 Å². The molecule has 0 aliphatic carbocycles. The van der Waals surface area contributed by atoms with Crippen LogP contribution in [0.5, 0.6) is 5.75 Å². The minimum Gasteiger partial charge on any atom is -0.486 e. The number of aryl methyl sites for hydroxylation is 1. The summed E-state index contributed by atoms with van der Waals surface area (Å²) in [7, 11) is 0. The molecule has 3 nitrogen and oxygen atoms in total. The molecule has 2 N–H and O–H groups in total. The molecule has 1 aromatic heterocycles. The van der Waals surface area contributed by atoms with Gasteiger partial charge in [-0.3, -0.25) is 4.98 Å². The van der Waals surface area contributed by atoms with E-state index in [-0.39, 0.29) is 18.2 Å². The number of ether oxygens (including phenoxy) is 1.